The fourth-order valence-electron chi connectivity index (χ4n) is 2.47. The highest BCUT2D eigenvalue weighted by Crippen LogP contribution is 2.18. The fourth-order valence-corrected chi connectivity index (χ4v) is 2.47. The molecule has 1 aromatic rings. The first kappa shape index (κ1) is 13.8. The van der Waals surface area contributed by atoms with Crippen LogP contribution >= 0.6 is 0 Å². The third-order valence-electron chi connectivity index (χ3n) is 3.67. The van der Waals surface area contributed by atoms with E-state index in [0.717, 1.165) is 5.56 Å². The maximum absolute atomic E-state index is 11.0. The molecule has 2 unspecified atom stereocenters. The van der Waals surface area contributed by atoms with E-state index in [0.29, 0.717) is 26.1 Å². The van der Waals surface area contributed by atoms with Crippen LogP contribution in [0.1, 0.15) is 12.0 Å². The molecule has 1 saturated heterocycles. The average Bonchev–Trinajstić information content (AvgIpc) is 2.45. The number of hydrogen-bond donors (Lipinski definition) is 3. The van der Waals surface area contributed by atoms with E-state index >= 15 is 0 Å². The summed E-state index contributed by atoms with van der Waals surface area (Å²) in [6.07, 6.45) is -0.183. The quantitative estimate of drug-likeness (QED) is 0.762. The second kappa shape index (κ2) is 6.54. The number of carboxylic acid groups (broad SMARTS) is 1. The molecule has 1 fully saturated rings. The molecule has 0 aliphatic carbocycles. The van der Waals surface area contributed by atoms with Crippen LogP contribution in [0, 0.1) is 5.92 Å². The Morgan fingerprint density at radius 3 is 2.74 bits per heavy atom. The first-order chi connectivity index (χ1) is 9.20. The van der Waals surface area contributed by atoms with Gasteiger partial charge < -0.3 is 20.4 Å². The van der Waals surface area contributed by atoms with E-state index in [-0.39, 0.29) is 18.6 Å². The van der Waals surface area contributed by atoms with Crippen LogP contribution < -0.4 is 5.32 Å². The normalized spacial score (nSPS) is 23.3. The maximum Gasteiger partial charge on any atom is 0.407 e. The molecule has 1 aliphatic rings. The largest absolute Gasteiger partial charge is 0.465 e. The maximum atomic E-state index is 11.0. The molecule has 104 valence electrons. The summed E-state index contributed by atoms with van der Waals surface area (Å²) in [6.45, 7) is 1.73. The van der Waals surface area contributed by atoms with Crippen LogP contribution in [0.25, 0.3) is 0 Å². The van der Waals surface area contributed by atoms with Gasteiger partial charge in [-0.2, -0.15) is 0 Å². The van der Waals surface area contributed by atoms with Gasteiger partial charge in [-0.1, -0.05) is 30.3 Å². The molecule has 0 saturated carbocycles. The Kier molecular flexibility index (Phi) is 4.76. The monoisotopic (exact) mass is 264 g/mol. The first-order valence-corrected chi connectivity index (χ1v) is 6.56. The lowest BCUT2D eigenvalue weighted by atomic mass is 9.92. The van der Waals surface area contributed by atoms with Crippen LogP contribution in [0.3, 0.4) is 0 Å². The Bertz CT molecular complexity index is 410. The number of benzene rings is 1. The van der Waals surface area contributed by atoms with E-state index in [1.54, 1.807) is 0 Å². The summed E-state index contributed by atoms with van der Waals surface area (Å²) in [5, 5.41) is 21.8. The second-order valence-corrected chi connectivity index (χ2v) is 4.93. The van der Waals surface area contributed by atoms with Gasteiger partial charge in [0, 0.05) is 38.2 Å². The molecule has 0 spiro atoms. The standard InChI is InChI=1S/C14H20N2O3/c17-10-12-6-7-16(14(18)19)9-13(12)15-8-11-4-2-1-3-5-11/h1-5,12-13,15,17H,6-10H2,(H,18,19). The van der Waals surface area contributed by atoms with Gasteiger partial charge in [0.15, 0.2) is 0 Å². The number of likely N-dealkylation sites (tertiary alicyclic amines) is 1. The van der Waals surface area contributed by atoms with Crippen molar-refractivity contribution in [2.45, 2.75) is 19.0 Å². The zero-order chi connectivity index (χ0) is 13.7. The van der Waals surface area contributed by atoms with Crippen LogP contribution in [0.5, 0.6) is 0 Å². The summed E-state index contributed by atoms with van der Waals surface area (Å²) < 4.78 is 0. The molecule has 1 heterocycles. The summed E-state index contributed by atoms with van der Waals surface area (Å²) in [6, 6.07) is 9.98. The van der Waals surface area contributed by atoms with Gasteiger partial charge in [-0.3, -0.25) is 0 Å². The molecule has 5 nitrogen and oxygen atoms in total. The number of hydrogen-bond acceptors (Lipinski definition) is 3. The van der Waals surface area contributed by atoms with E-state index in [4.69, 9.17) is 5.11 Å². The minimum absolute atomic E-state index is 0.00931. The summed E-state index contributed by atoms with van der Waals surface area (Å²) in [5.74, 6) is 0.124. The number of rotatable bonds is 4. The fraction of sp³-hybridized carbons (Fsp3) is 0.500. The van der Waals surface area contributed by atoms with Crippen molar-refractivity contribution >= 4 is 6.09 Å². The number of aliphatic hydroxyl groups is 1. The molecule has 1 aromatic carbocycles. The van der Waals surface area contributed by atoms with E-state index in [1.165, 1.54) is 4.90 Å². The summed E-state index contributed by atoms with van der Waals surface area (Å²) >= 11 is 0. The molecule has 1 aliphatic heterocycles. The highest BCUT2D eigenvalue weighted by atomic mass is 16.4. The van der Waals surface area contributed by atoms with E-state index < -0.39 is 6.09 Å². The molecule has 3 N–H and O–H groups in total. The molecule has 0 radical (unpaired) electrons. The molecule has 0 aromatic heterocycles. The number of amides is 1. The van der Waals surface area contributed by atoms with Crippen molar-refractivity contribution in [1.29, 1.82) is 0 Å². The van der Waals surface area contributed by atoms with E-state index in [2.05, 4.69) is 5.32 Å². The predicted molar refractivity (Wildman–Crippen MR) is 71.9 cm³/mol. The number of aliphatic hydroxyl groups excluding tert-OH is 1. The Morgan fingerprint density at radius 2 is 2.11 bits per heavy atom. The molecule has 2 rings (SSSR count). The van der Waals surface area contributed by atoms with Crippen molar-refractivity contribution in [3.8, 4) is 0 Å². The Morgan fingerprint density at radius 1 is 1.37 bits per heavy atom. The van der Waals surface area contributed by atoms with Gasteiger partial charge in [0.2, 0.25) is 0 Å². The predicted octanol–water partition coefficient (Wildman–Crippen LogP) is 1.14. The molecular formula is C14H20N2O3. The van der Waals surface area contributed by atoms with Crippen LogP contribution in [0.15, 0.2) is 30.3 Å². The van der Waals surface area contributed by atoms with Crippen LogP contribution in [-0.4, -0.2) is 46.9 Å². The Labute approximate surface area is 112 Å². The second-order valence-electron chi connectivity index (χ2n) is 4.93. The minimum Gasteiger partial charge on any atom is -0.465 e. The van der Waals surface area contributed by atoms with Crippen molar-refractivity contribution in [3.63, 3.8) is 0 Å². The SMILES string of the molecule is O=C(O)N1CCC(CO)C(NCc2ccccc2)C1. The van der Waals surface area contributed by atoms with Gasteiger partial charge in [0.05, 0.1) is 0 Å². The molecule has 5 heteroatoms. The Balaban J connectivity index is 1.93. The van der Waals surface area contributed by atoms with E-state index in [1.807, 2.05) is 30.3 Å². The van der Waals surface area contributed by atoms with Crippen molar-refractivity contribution in [2.24, 2.45) is 5.92 Å². The zero-order valence-electron chi connectivity index (χ0n) is 10.8. The Hall–Kier alpha value is -1.59. The smallest absolute Gasteiger partial charge is 0.407 e. The average molecular weight is 264 g/mol. The van der Waals surface area contributed by atoms with Gasteiger partial charge >= 0.3 is 6.09 Å². The lowest BCUT2D eigenvalue weighted by Crippen LogP contribution is -2.53. The molecule has 2 atom stereocenters. The van der Waals surface area contributed by atoms with Crippen LogP contribution in [0.4, 0.5) is 4.79 Å². The minimum atomic E-state index is -0.886. The summed E-state index contributed by atoms with van der Waals surface area (Å²) in [5.41, 5.74) is 1.16. The number of carbonyl (C=O) groups is 1. The van der Waals surface area contributed by atoms with Crippen molar-refractivity contribution < 1.29 is 15.0 Å². The summed E-state index contributed by atoms with van der Waals surface area (Å²) in [7, 11) is 0. The van der Waals surface area contributed by atoms with Crippen LogP contribution in [0.2, 0.25) is 0 Å². The van der Waals surface area contributed by atoms with E-state index in [9.17, 15) is 9.90 Å². The van der Waals surface area contributed by atoms with Gasteiger partial charge in [0.25, 0.3) is 0 Å². The lowest BCUT2D eigenvalue weighted by molar-refractivity contribution is 0.0840. The zero-order valence-corrected chi connectivity index (χ0v) is 10.8. The highest BCUT2D eigenvalue weighted by Gasteiger charge is 2.30. The van der Waals surface area contributed by atoms with Crippen molar-refractivity contribution in [2.75, 3.05) is 19.7 Å². The molecular weight excluding hydrogens is 244 g/mol. The van der Waals surface area contributed by atoms with Gasteiger partial charge in [0.1, 0.15) is 0 Å². The molecule has 0 bridgehead atoms. The van der Waals surface area contributed by atoms with Crippen LogP contribution in [-0.2, 0) is 6.54 Å². The number of piperidine rings is 1. The van der Waals surface area contributed by atoms with Gasteiger partial charge in [-0.15, -0.1) is 0 Å². The first-order valence-electron chi connectivity index (χ1n) is 6.56. The highest BCUT2D eigenvalue weighted by molar-refractivity contribution is 5.65. The number of nitrogens with zero attached hydrogens (tertiary/aromatic N) is 1. The van der Waals surface area contributed by atoms with Crippen molar-refractivity contribution in [1.82, 2.24) is 10.2 Å². The number of nitrogens with one attached hydrogen (secondary N) is 1. The van der Waals surface area contributed by atoms with Gasteiger partial charge in [-0.05, 0) is 12.0 Å². The summed E-state index contributed by atoms with van der Waals surface area (Å²) in [4.78, 5) is 12.4. The molecule has 19 heavy (non-hydrogen) atoms. The molecule has 1 amide bonds. The van der Waals surface area contributed by atoms with Gasteiger partial charge in [-0.25, -0.2) is 4.79 Å². The van der Waals surface area contributed by atoms with Crippen molar-refractivity contribution in [3.05, 3.63) is 35.9 Å². The lowest BCUT2D eigenvalue weighted by Gasteiger charge is -2.37. The third kappa shape index (κ3) is 3.68. The third-order valence-corrected chi connectivity index (χ3v) is 3.67. The topological polar surface area (TPSA) is 72.8 Å².